The van der Waals surface area contributed by atoms with Crippen molar-refractivity contribution in [1.29, 1.82) is 0 Å². The fourth-order valence-electron chi connectivity index (χ4n) is 4.38. The van der Waals surface area contributed by atoms with Crippen LogP contribution >= 0.6 is 11.3 Å². The first-order chi connectivity index (χ1) is 13.6. The maximum absolute atomic E-state index is 12.7. The van der Waals surface area contributed by atoms with Gasteiger partial charge < -0.3 is 15.3 Å². The van der Waals surface area contributed by atoms with Crippen LogP contribution in [0.5, 0.6) is 0 Å². The lowest BCUT2D eigenvalue weighted by molar-refractivity contribution is -0.122. The lowest BCUT2D eigenvalue weighted by Gasteiger charge is -2.28. The fourth-order valence-corrected chi connectivity index (χ4v) is 5.10. The highest BCUT2D eigenvalue weighted by molar-refractivity contribution is 7.13. The molecule has 3 aromatic rings. The van der Waals surface area contributed by atoms with Crippen LogP contribution in [0.25, 0.3) is 21.3 Å². The third kappa shape index (κ3) is 3.41. The summed E-state index contributed by atoms with van der Waals surface area (Å²) in [7, 11) is 2.18. The summed E-state index contributed by atoms with van der Waals surface area (Å²) < 4.78 is 0. The second kappa shape index (κ2) is 7.73. The van der Waals surface area contributed by atoms with Crippen LogP contribution in [-0.2, 0) is 4.79 Å². The minimum atomic E-state index is -0.250. The number of nitrogens with one attached hydrogen (secondary N) is 2. The van der Waals surface area contributed by atoms with Crippen LogP contribution < -0.4 is 5.32 Å². The van der Waals surface area contributed by atoms with Crippen molar-refractivity contribution in [3.63, 3.8) is 0 Å². The van der Waals surface area contributed by atoms with Gasteiger partial charge in [-0.25, -0.2) is 0 Å². The van der Waals surface area contributed by atoms with Crippen LogP contribution in [0.4, 0.5) is 0 Å². The summed E-state index contributed by atoms with van der Waals surface area (Å²) in [5.74, 6) is 0.518. The lowest BCUT2D eigenvalue weighted by Crippen LogP contribution is -2.44. The van der Waals surface area contributed by atoms with E-state index in [1.165, 1.54) is 11.3 Å². The van der Waals surface area contributed by atoms with Gasteiger partial charge in [0.2, 0.25) is 0 Å². The van der Waals surface area contributed by atoms with Crippen molar-refractivity contribution in [3.05, 3.63) is 41.4 Å². The van der Waals surface area contributed by atoms with Crippen molar-refractivity contribution in [2.24, 2.45) is 5.92 Å². The minimum Gasteiger partial charge on any atom is -0.483 e. The van der Waals surface area contributed by atoms with Crippen LogP contribution in [0.15, 0.2) is 35.7 Å². The molecule has 2 fully saturated rings. The molecule has 3 N–H and O–H groups in total. The van der Waals surface area contributed by atoms with Gasteiger partial charge in [-0.15, -0.1) is 11.3 Å². The Morgan fingerprint density at radius 3 is 2.86 bits per heavy atom. The van der Waals surface area contributed by atoms with Crippen molar-refractivity contribution in [2.75, 3.05) is 13.6 Å². The normalized spacial score (nSPS) is 23.4. The highest BCUT2D eigenvalue weighted by Gasteiger charge is 2.43. The summed E-state index contributed by atoms with van der Waals surface area (Å²) in [6, 6.07) is 11.2. The zero-order chi connectivity index (χ0) is 19.7. The summed E-state index contributed by atoms with van der Waals surface area (Å²) in [6.07, 6.45) is 2.25. The van der Waals surface area contributed by atoms with Gasteiger partial charge in [0.15, 0.2) is 5.69 Å². The fraction of sp³-hybridized carbons (Fsp3) is 0.350. The van der Waals surface area contributed by atoms with Crippen LogP contribution in [0.3, 0.4) is 0 Å². The molecule has 1 saturated heterocycles. The molecule has 3 unspecified atom stereocenters. The van der Waals surface area contributed by atoms with Crippen molar-refractivity contribution < 1.29 is 14.7 Å². The number of carbonyl (C=O) groups is 2. The van der Waals surface area contributed by atoms with Gasteiger partial charge in [-0.2, -0.15) is 5.10 Å². The van der Waals surface area contributed by atoms with Gasteiger partial charge in [-0.1, -0.05) is 12.1 Å². The van der Waals surface area contributed by atoms with Crippen molar-refractivity contribution >= 4 is 34.6 Å². The van der Waals surface area contributed by atoms with E-state index < -0.39 is 0 Å². The quantitative estimate of drug-likeness (QED) is 0.590. The van der Waals surface area contributed by atoms with Crippen LogP contribution in [0.2, 0.25) is 0 Å². The van der Waals surface area contributed by atoms with Gasteiger partial charge >= 0.3 is 0 Å². The number of fused-ring (bicyclic) bond motifs is 3. The Balaban J connectivity index is 0.000000604. The van der Waals surface area contributed by atoms with E-state index in [-0.39, 0.29) is 18.4 Å². The molecule has 1 aliphatic carbocycles. The molecule has 1 saturated carbocycles. The Hall–Kier alpha value is -2.71. The largest absolute Gasteiger partial charge is 0.483 e. The van der Waals surface area contributed by atoms with Gasteiger partial charge in [0, 0.05) is 28.9 Å². The van der Waals surface area contributed by atoms with Crippen molar-refractivity contribution in [2.45, 2.75) is 24.9 Å². The molecule has 1 aliphatic heterocycles. The maximum Gasteiger partial charge on any atom is 0.290 e. The molecule has 0 spiro atoms. The SMILES string of the molecule is CN1CC2CC1CC2NC(=O)c1n[nH]c2cc(-c3cccs3)ccc12.O=CO. The molecule has 2 bridgehead atoms. The number of hydrogen-bond donors (Lipinski definition) is 3. The smallest absolute Gasteiger partial charge is 0.290 e. The van der Waals surface area contributed by atoms with Crippen LogP contribution in [0.1, 0.15) is 23.3 Å². The number of nitrogens with zero attached hydrogens (tertiary/aromatic N) is 2. The Labute approximate surface area is 166 Å². The third-order valence-electron chi connectivity index (χ3n) is 5.72. The second-order valence-corrected chi connectivity index (χ2v) is 8.27. The summed E-state index contributed by atoms with van der Waals surface area (Å²) in [4.78, 5) is 24.7. The van der Waals surface area contributed by atoms with E-state index in [0.717, 1.165) is 29.4 Å². The molecule has 7 nitrogen and oxygen atoms in total. The lowest BCUT2D eigenvalue weighted by atomic mass is 10.0. The van der Waals surface area contributed by atoms with E-state index in [2.05, 4.69) is 51.0 Å². The van der Waals surface area contributed by atoms with E-state index in [9.17, 15) is 4.79 Å². The Morgan fingerprint density at radius 1 is 1.39 bits per heavy atom. The number of carboxylic acid groups (broad SMARTS) is 1. The number of benzene rings is 1. The zero-order valence-electron chi connectivity index (χ0n) is 15.5. The van der Waals surface area contributed by atoms with E-state index >= 15 is 0 Å². The number of hydrogen-bond acceptors (Lipinski definition) is 5. The van der Waals surface area contributed by atoms with E-state index in [1.54, 1.807) is 11.3 Å². The predicted molar refractivity (Wildman–Crippen MR) is 108 cm³/mol. The Kier molecular flexibility index (Phi) is 5.15. The average molecular weight is 398 g/mol. The molecule has 2 aliphatic rings. The zero-order valence-corrected chi connectivity index (χ0v) is 16.3. The molecule has 3 heterocycles. The third-order valence-corrected chi connectivity index (χ3v) is 6.63. The Morgan fingerprint density at radius 2 is 2.21 bits per heavy atom. The highest BCUT2D eigenvalue weighted by Crippen LogP contribution is 2.37. The summed E-state index contributed by atoms with van der Waals surface area (Å²) in [5, 5.41) is 20.4. The van der Waals surface area contributed by atoms with Crippen molar-refractivity contribution in [3.8, 4) is 10.4 Å². The van der Waals surface area contributed by atoms with Gasteiger partial charge in [0.05, 0.1) is 5.52 Å². The molecule has 3 atom stereocenters. The topological polar surface area (TPSA) is 98.3 Å². The van der Waals surface area contributed by atoms with Gasteiger partial charge in [-0.3, -0.25) is 14.7 Å². The van der Waals surface area contributed by atoms with E-state index in [1.807, 2.05) is 12.1 Å². The number of likely N-dealkylation sites (tertiary alicyclic amines) is 1. The van der Waals surface area contributed by atoms with Crippen molar-refractivity contribution in [1.82, 2.24) is 20.4 Å². The van der Waals surface area contributed by atoms with Crippen LogP contribution in [-0.4, -0.2) is 58.3 Å². The standard InChI is InChI=1S/C19H20N4OS.CH2O2/c1-23-10-12-7-13(23)9-15(12)20-19(24)18-14-5-4-11(8-16(14)21-22-18)17-3-2-6-25-17;2-1-3/h2-6,8,12-13,15H,7,9-10H2,1H3,(H,20,24)(H,21,22);1H,(H,2,3). The molecule has 5 rings (SSSR count). The second-order valence-electron chi connectivity index (χ2n) is 7.32. The van der Waals surface area contributed by atoms with Crippen LogP contribution in [0, 0.1) is 5.92 Å². The summed E-state index contributed by atoms with van der Waals surface area (Å²) >= 11 is 1.71. The van der Waals surface area contributed by atoms with Gasteiger partial charge in [-0.05, 0) is 54.9 Å². The number of aromatic amines is 1. The van der Waals surface area contributed by atoms with E-state index in [4.69, 9.17) is 9.90 Å². The first-order valence-electron chi connectivity index (χ1n) is 9.21. The molecule has 1 amide bonds. The number of aromatic nitrogens is 2. The highest BCUT2D eigenvalue weighted by atomic mass is 32.1. The Bertz CT molecular complexity index is 983. The number of amides is 1. The van der Waals surface area contributed by atoms with E-state index in [0.29, 0.717) is 17.7 Å². The molecule has 28 heavy (non-hydrogen) atoms. The molecule has 8 heteroatoms. The molecular formula is C20H22N4O3S. The average Bonchev–Trinajstić information content (AvgIpc) is 3.45. The first-order valence-corrected chi connectivity index (χ1v) is 10.1. The molecule has 0 radical (unpaired) electrons. The number of thiophene rings is 1. The molecule has 146 valence electrons. The number of carbonyl (C=O) groups excluding carboxylic acids is 1. The van der Waals surface area contributed by atoms with Gasteiger partial charge in [0.25, 0.3) is 12.4 Å². The monoisotopic (exact) mass is 398 g/mol. The molecule has 2 aromatic heterocycles. The number of H-pyrrole nitrogens is 1. The first kappa shape index (κ1) is 18.6. The summed E-state index contributed by atoms with van der Waals surface area (Å²) in [6.45, 7) is 0.834. The molecule has 1 aromatic carbocycles. The number of piperidine rings is 1. The predicted octanol–water partition coefficient (Wildman–Crippen LogP) is 2.81. The maximum atomic E-state index is 12.7. The summed E-state index contributed by atoms with van der Waals surface area (Å²) in [5.41, 5.74) is 2.56. The minimum absolute atomic E-state index is 0.0599. The van der Waals surface area contributed by atoms with Gasteiger partial charge in [0.1, 0.15) is 0 Å². The molecular weight excluding hydrogens is 376 g/mol. The number of rotatable bonds is 3.